The lowest BCUT2D eigenvalue weighted by atomic mass is 9.90. The van der Waals surface area contributed by atoms with E-state index in [4.69, 9.17) is 31.4 Å². The Hall–Kier alpha value is -8.94. The van der Waals surface area contributed by atoms with Crippen LogP contribution in [0, 0.1) is 5.92 Å². The average Bonchev–Trinajstić information content (AvgIpc) is 3.40. The van der Waals surface area contributed by atoms with Gasteiger partial charge in [0.15, 0.2) is 0 Å². The summed E-state index contributed by atoms with van der Waals surface area (Å²) in [5.74, 6) is -0.774. The molecule has 1 saturated carbocycles. The summed E-state index contributed by atoms with van der Waals surface area (Å²) >= 11 is 0. The van der Waals surface area contributed by atoms with Crippen molar-refractivity contribution in [1.82, 2.24) is 0 Å². The molecule has 0 amide bonds. The van der Waals surface area contributed by atoms with Crippen molar-refractivity contribution in [2.45, 2.75) is 115 Å². The Kier molecular flexibility index (Phi) is 24.6. The summed E-state index contributed by atoms with van der Waals surface area (Å²) in [4.78, 5) is 73.9. The fraction of sp³-hybridized carbons (Fsp3) is 0.289. The van der Waals surface area contributed by atoms with E-state index in [0.29, 0.717) is 37.9 Å². The number of rotatable bonds is 25. The van der Waals surface area contributed by atoms with E-state index in [2.05, 4.69) is 54.6 Å². The van der Waals surface area contributed by atoms with Gasteiger partial charge >= 0.3 is 17.9 Å². The maximum absolute atomic E-state index is 13.0. The summed E-state index contributed by atoms with van der Waals surface area (Å²) < 4.78 is 16.0. The van der Waals surface area contributed by atoms with Crippen molar-refractivity contribution < 1.29 is 43.0 Å². The van der Waals surface area contributed by atoms with E-state index < -0.39 is 0 Å². The summed E-state index contributed by atoms with van der Waals surface area (Å²) in [7, 11) is 0. The van der Waals surface area contributed by atoms with Gasteiger partial charge in [-0.05, 0) is 115 Å². The van der Waals surface area contributed by atoms with E-state index in [9.17, 15) is 28.8 Å². The van der Waals surface area contributed by atoms with Crippen LogP contribution in [0.3, 0.4) is 0 Å². The second-order valence-corrected chi connectivity index (χ2v) is 22.6. The van der Waals surface area contributed by atoms with Gasteiger partial charge in [0.25, 0.3) is 0 Å². The van der Waals surface area contributed by atoms with Crippen molar-refractivity contribution in [3.63, 3.8) is 0 Å². The molecule has 12 heteroatoms. The zero-order chi connectivity index (χ0) is 62.2. The smallest absolute Gasteiger partial charge is 0.311 e. The van der Waals surface area contributed by atoms with Crippen LogP contribution in [-0.2, 0) is 70.7 Å². The van der Waals surface area contributed by atoms with Gasteiger partial charge < -0.3 is 31.4 Å². The Balaban J connectivity index is 0.000000171. The number of carbonyl (C=O) groups is 6. The summed E-state index contributed by atoms with van der Waals surface area (Å²) in [6.07, 6.45) is 7.48. The SMILES string of the molecule is CCCC(=O)OCc1ccc(C(CN)C(=O)Cc2ccc3ccccc3c2)cc1.CCCC(=O)Oc1ccc(C(CN)C(=O)Cc2ccc3ccccc3c2)cc1.NCC(C(=O)Cc1ccc2ccccc2c1)c1ccc(COC(=O)C2CCCC2)cc1. The van der Waals surface area contributed by atoms with Gasteiger partial charge in [-0.1, -0.05) is 215 Å². The van der Waals surface area contributed by atoms with E-state index >= 15 is 0 Å². The van der Waals surface area contributed by atoms with Gasteiger partial charge in [0.05, 0.1) is 23.7 Å². The zero-order valence-electron chi connectivity index (χ0n) is 50.6. The van der Waals surface area contributed by atoms with Crippen molar-refractivity contribution in [3.8, 4) is 5.75 Å². The highest BCUT2D eigenvalue weighted by atomic mass is 16.5. The van der Waals surface area contributed by atoms with Gasteiger partial charge in [-0.25, -0.2) is 0 Å². The average molecular weight is 1180 g/mol. The van der Waals surface area contributed by atoms with Crippen LogP contribution in [0.4, 0.5) is 0 Å². The molecule has 10 rings (SSSR count). The molecule has 9 aromatic carbocycles. The largest absolute Gasteiger partial charge is 0.461 e. The zero-order valence-corrected chi connectivity index (χ0v) is 50.6. The molecule has 0 aliphatic heterocycles. The molecular weight excluding hydrogens is 1100 g/mol. The number of hydrogen-bond acceptors (Lipinski definition) is 12. The molecule has 9 aromatic rings. The molecule has 12 nitrogen and oxygen atoms in total. The van der Waals surface area contributed by atoms with Crippen LogP contribution >= 0.6 is 0 Å². The maximum Gasteiger partial charge on any atom is 0.311 e. The molecule has 454 valence electrons. The Bertz CT molecular complexity index is 3780. The number of carbonyl (C=O) groups excluding carboxylic acids is 6. The van der Waals surface area contributed by atoms with Gasteiger partial charge in [0.1, 0.15) is 36.3 Å². The first-order chi connectivity index (χ1) is 42.8. The minimum atomic E-state index is -0.383. The van der Waals surface area contributed by atoms with Gasteiger partial charge in [0, 0.05) is 51.7 Å². The topological polar surface area (TPSA) is 208 Å². The first kappa shape index (κ1) is 65.0. The molecule has 88 heavy (non-hydrogen) atoms. The highest BCUT2D eigenvalue weighted by molar-refractivity contribution is 5.92. The summed E-state index contributed by atoms with van der Waals surface area (Å²) in [5.41, 5.74) is 25.2. The fourth-order valence-corrected chi connectivity index (χ4v) is 11.1. The molecule has 0 bridgehead atoms. The Labute approximate surface area is 516 Å². The first-order valence-electron chi connectivity index (χ1n) is 30.8. The minimum Gasteiger partial charge on any atom is -0.461 e. The van der Waals surface area contributed by atoms with E-state index in [-0.39, 0.29) is 91.8 Å². The Morgan fingerprint density at radius 3 is 1.09 bits per heavy atom. The van der Waals surface area contributed by atoms with Crippen LogP contribution in [0.1, 0.15) is 127 Å². The monoisotopic (exact) mass is 1180 g/mol. The van der Waals surface area contributed by atoms with Crippen LogP contribution < -0.4 is 21.9 Å². The van der Waals surface area contributed by atoms with E-state index in [1.807, 2.05) is 147 Å². The number of nitrogens with two attached hydrogens (primary N) is 3. The molecule has 1 aliphatic carbocycles. The van der Waals surface area contributed by atoms with E-state index in [1.54, 1.807) is 12.1 Å². The third-order valence-electron chi connectivity index (χ3n) is 16.1. The van der Waals surface area contributed by atoms with Crippen molar-refractivity contribution in [2.24, 2.45) is 23.1 Å². The third-order valence-corrected chi connectivity index (χ3v) is 16.1. The van der Waals surface area contributed by atoms with Crippen LogP contribution in [-0.4, -0.2) is 54.9 Å². The van der Waals surface area contributed by atoms with Crippen LogP contribution in [0.2, 0.25) is 0 Å². The molecule has 3 atom stereocenters. The second-order valence-electron chi connectivity index (χ2n) is 22.6. The predicted octanol–water partition coefficient (Wildman–Crippen LogP) is 13.9. The number of fused-ring (bicyclic) bond motifs is 3. The van der Waals surface area contributed by atoms with Crippen LogP contribution in [0.25, 0.3) is 32.3 Å². The minimum absolute atomic E-state index is 0.0635. The molecule has 1 aliphatic rings. The quantitative estimate of drug-likeness (QED) is 0.0361. The lowest BCUT2D eigenvalue weighted by Crippen LogP contribution is -2.23. The molecule has 3 unspecified atom stereocenters. The Morgan fingerprint density at radius 1 is 0.398 bits per heavy atom. The van der Waals surface area contributed by atoms with E-state index in [1.165, 1.54) is 5.39 Å². The highest BCUT2D eigenvalue weighted by Crippen LogP contribution is 2.28. The molecule has 1 fully saturated rings. The van der Waals surface area contributed by atoms with Gasteiger partial charge in [-0.3, -0.25) is 28.8 Å². The van der Waals surface area contributed by atoms with Crippen molar-refractivity contribution >= 4 is 67.6 Å². The third kappa shape index (κ3) is 18.8. The lowest BCUT2D eigenvalue weighted by molar-refractivity contribution is -0.149. The van der Waals surface area contributed by atoms with Gasteiger partial charge in [0.2, 0.25) is 0 Å². The van der Waals surface area contributed by atoms with Crippen molar-refractivity contribution in [2.75, 3.05) is 19.6 Å². The summed E-state index contributed by atoms with van der Waals surface area (Å²) in [5, 5.41) is 6.86. The van der Waals surface area contributed by atoms with Crippen LogP contribution in [0.5, 0.6) is 5.75 Å². The standard InChI is InChI=1S/C27H29NO3.C25H27NO3.C24H25NO3/c28-17-25(26(29)16-20-11-12-21-5-1-4-8-24(21)15-20)22-13-9-19(10-14-22)18-31-27(30)23-6-2-3-7-23;1-2-5-25(28)29-17-18-8-12-21(13-9-18)23(16-26)24(27)15-19-10-11-20-6-3-4-7-22(20)14-19;1-2-5-24(27)28-21-12-10-19(11-13-21)22(16-25)23(26)15-17-8-9-18-6-3-4-7-20(18)14-17/h1,4-5,8-15,23,25H,2-3,6-7,16-18,28H2;3-4,6-14,23H,2,5,15-17,26H2,1H3;3-4,6-14,22H,2,5,15-16,25H2,1H3. The number of Topliss-reactive ketones (excluding diaryl/α,β-unsaturated/α-hetero) is 3. The number of esters is 3. The van der Waals surface area contributed by atoms with E-state index in [0.717, 1.165) is 110 Å². The van der Waals surface area contributed by atoms with Crippen LogP contribution in [0.15, 0.2) is 200 Å². The number of hydrogen-bond donors (Lipinski definition) is 3. The number of ether oxygens (including phenoxy) is 3. The lowest BCUT2D eigenvalue weighted by Gasteiger charge is -2.15. The number of benzene rings is 9. The van der Waals surface area contributed by atoms with Gasteiger partial charge in [-0.2, -0.15) is 0 Å². The molecule has 0 spiro atoms. The fourth-order valence-electron chi connectivity index (χ4n) is 11.1. The molecule has 0 radical (unpaired) electrons. The summed E-state index contributed by atoms with van der Waals surface area (Å²) in [6, 6.07) is 65.0. The molecule has 0 saturated heterocycles. The van der Waals surface area contributed by atoms with Crippen molar-refractivity contribution in [1.29, 1.82) is 0 Å². The molecule has 6 N–H and O–H groups in total. The molecule has 0 heterocycles. The second kappa shape index (κ2) is 33.3. The van der Waals surface area contributed by atoms with Gasteiger partial charge in [-0.15, -0.1) is 0 Å². The Morgan fingerprint density at radius 2 is 0.727 bits per heavy atom. The summed E-state index contributed by atoms with van der Waals surface area (Å²) in [6.45, 7) is 5.15. The number of ketones is 3. The first-order valence-corrected chi connectivity index (χ1v) is 30.8. The highest BCUT2D eigenvalue weighted by Gasteiger charge is 2.25. The van der Waals surface area contributed by atoms with Crippen molar-refractivity contribution in [3.05, 3.63) is 245 Å². The maximum atomic E-state index is 13.0. The predicted molar refractivity (Wildman–Crippen MR) is 350 cm³/mol. The molecular formula is C76H81N3O9. The normalized spacial score (nSPS) is 13.1. The molecule has 0 aromatic heterocycles.